The Kier molecular flexibility index (Phi) is 3.51. The monoisotopic (exact) mass is 313 g/mol. The van der Waals surface area contributed by atoms with Crippen LogP contribution >= 0.6 is 11.3 Å². The third kappa shape index (κ3) is 2.27. The number of benzene rings is 1. The number of hydrogen-bond acceptors (Lipinski definition) is 3. The molecule has 114 valence electrons. The van der Waals surface area contributed by atoms with Gasteiger partial charge in [0, 0.05) is 11.3 Å². The molecule has 0 saturated heterocycles. The van der Waals surface area contributed by atoms with Gasteiger partial charge in [0.25, 0.3) is 0 Å². The second-order valence-corrected chi connectivity index (χ2v) is 7.20. The SMILES string of the molecule is O=C(NC1c2ccccc2CC1O)C1CCCc2sccc21. The van der Waals surface area contributed by atoms with Crippen molar-refractivity contribution in [3.63, 3.8) is 0 Å². The Morgan fingerprint density at radius 1 is 1.23 bits per heavy atom. The number of thiophene rings is 1. The van der Waals surface area contributed by atoms with Gasteiger partial charge in [0.2, 0.25) is 5.91 Å². The molecule has 4 heteroatoms. The van der Waals surface area contributed by atoms with Crippen molar-refractivity contribution in [1.82, 2.24) is 5.32 Å². The number of aryl methyl sites for hydroxylation is 1. The first kappa shape index (κ1) is 14.0. The Labute approximate surface area is 134 Å². The predicted octanol–water partition coefficient (Wildman–Crippen LogP) is 2.94. The molecule has 3 atom stereocenters. The molecule has 3 unspecified atom stereocenters. The number of nitrogens with one attached hydrogen (secondary N) is 1. The maximum absolute atomic E-state index is 12.8. The van der Waals surface area contributed by atoms with Crippen molar-refractivity contribution in [1.29, 1.82) is 0 Å². The zero-order chi connectivity index (χ0) is 15.1. The number of rotatable bonds is 2. The van der Waals surface area contributed by atoms with Gasteiger partial charge in [-0.05, 0) is 47.4 Å². The van der Waals surface area contributed by atoms with E-state index in [9.17, 15) is 9.90 Å². The number of hydrogen-bond donors (Lipinski definition) is 2. The van der Waals surface area contributed by atoms with Crippen LogP contribution in [0.5, 0.6) is 0 Å². The minimum Gasteiger partial charge on any atom is -0.390 e. The summed E-state index contributed by atoms with van der Waals surface area (Å²) >= 11 is 1.75. The quantitative estimate of drug-likeness (QED) is 0.895. The smallest absolute Gasteiger partial charge is 0.228 e. The zero-order valence-electron chi connectivity index (χ0n) is 12.3. The molecular weight excluding hydrogens is 294 g/mol. The average molecular weight is 313 g/mol. The van der Waals surface area contributed by atoms with E-state index in [1.807, 2.05) is 24.3 Å². The van der Waals surface area contributed by atoms with Gasteiger partial charge in [0.1, 0.15) is 0 Å². The Bertz CT molecular complexity index is 709. The summed E-state index contributed by atoms with van der Waals surface area (Å²) in [4.78, 5) is 14.1. The summed E-state index contributed by atoms with van der Waals surface area (Å²) in [5.74, 6) is -0.00457. The third-order valence-electron chi connectivity index (χ3n) is 4.87. The van der Waals surface area contributed by atoms with Crippen molar-refractivity contribution in [2.24, 2.45) is 0 Å². The van der Waals surface area contributed by atoms with E-state index in [1.54, 1.807) is 11.3 Å². The molecule has 1 heterocycles. The van der Waals surface area contributed by atoms with Gasteiger partial charge in [-0.1, -0.05) is 24.3 Å². The lowest BCUT2D eigenvalue weighted by molar-refractivity contribution is -0.124. The Balaban J connectivity index is 1.56. The van der Waals surface area contributed by atoms with E-state index >= 15 is 0 Å². The van der Waals surface area contributed by atoms with Crippen LogP contribution < -0.4 is 5.32 Å². The van der Waals surface area contributed by atoms with E-state index in [2.05, 4.69) is 16.8 Å². The summed E-state index contributed by atoms with van der Waals surface area (Å²) in [6.07, 6.45) is 3.16. The summed E-state index contributed by atoms with van der Waals surface area (Å²) in [7, 11) is 0. The van der Waals surface area contributed by atoms with Crippen LogP contribution in [-0.2, 0) is 17.6 Å². The third-order valence-corrected chi connectivity index (χ3v) is 5.87. The highest BCUT2D eigenvalue weighted by atomic mass is 32.1. The summed E-state index contributed by atoms with van der Waals surface area (Å²) in [5, 5.41) is 15.5. The zero-order valence-corrected chi connectivity index (χ0v) is 13.1. The molecule has 2 aromatic rings. The Hall–Kier alpha value is -1.65. The largest absolute Gasteiger partial charge is 0.390 e. The van der Waals surface area contributed by atoms with Crippen LogP contribution in [-0.4, -0.2) is 17.1 Å². The minimum absolute atomic E-state index is 0.0557. The molecule has 0 radical (unpaired) electrons. The molecule has 0 fully saturated rings. The van der Waals surface area contributed by atoms with Crippen LogP contribution in [0, 0.1) is 0 Å². The number of carbonyl (C=O) groups excluding carboxylic acids is 1. The Morgan fingerprint density at radius 2 is 2.09 bits per heavy atom. The number of aliphatic hydroxyl groups is 1. The maximum atomic E-state index is 12.8. The molecule has 1 aromatic heterocycles. The molecule has 0 bridgehead atoms. The van der Waals surface area contributed by atoms with Gasteiger partial charge in [-0.3, -0.25) is 4.79 Å². The number of aliphatic hydroxyl groups excluding tert-OH is 1. The van der Waals surface area contributed by atoms with Crippen molar-refractivity contribution in [2.75, 3.05) is 0 Å². The second kappa shape index (κ2) is 5.52. The topological polar surface area (TPSA) is 49.3 Å². The van der Waals surface area contributed by atoms with Gasteiger partial charge < -0.3 is 10.4 Å². The van der Waals surface area contributed by atoms with Gasteiger partial charge in [0.05, 0.1) is 18.1 Å². The first-order chi connectivity index (χ1) is 10.7. The van der Waals surface area contributed by atoms with Crippen LogP contribution in [0.4, 0.5) is 0 Å². The summed E-state index contributed by atoms with van der Waals surface area (Å²) in [5.41, 5.74) is 3.39. The van der Waals surface area contributed by atoms with Gasteiger partial charge in [0.15, 0.2) is 0 Å². The summed E-state index contributed by atoms with van der Waals surface area (Å²) in [6.45, 7) is 0. The summed E-state index contributed by atoms with van der Waals surface area (Å²) in [6, 6.07) is 9.80. The fourth-order valence-corrected chi connectivity index (χ4v) is 4.75. The normalized spacial score (nSPS) is 26.3. The van der Waals surface area contributed by atoms with Crippen LogP contribution in [0.25, 0.3) is 0 Å². The number of carbonyl (C=O) groups is 1. The minimum atomic E-state index is -0.521. The van der Waals surface area contributed by atoms with E-state index in [0.717, 1.165) is 30.4 Å². The van der Waals surface area contributed by atoms with Crippen molar-refractivity contribution in [3.05, 3.63) is 57.3 Å². The van der Waals surface area contributed by atoms with Gasteiger partial charge >= 0.3 is 0 Å². The lowest BCUT2D eigenvalue weighted by atomic mass is 9.87. The van der Waals surface area contributed by atoms with Crippen molar-refractivity contribution >= 4 is 17.2 Å². The average Bonchev–Trinajstić information content (AvgIpc) is 3.12. The number of amides is 1. The molecule has 1 aromatic carbocycles. The summed E-state index contributed by atoms with van der Waals surface area (Å²) < 4.78 is 0. The van der Waals surface area contributed by atoms with Crippen molar-refractivity contribution in [3.8, 4) is 0 Å². The highest BCUT2D eigenvalue weighted by molar-refractivity contribution is 7.10. The fraction of sp³-hybridized carbons (Fsp3) is 0.389. The van der Waals surface area contributed by atoms with E-state index in [1.165, 1.54) is 10.4 Å². The van der Waals surface area contributed by atoms with Crippen LogP contribution in [0.1, 0.15) is 46.4 Å². The second-order valence-electron chi connectivity index (χ2n) is 6.20. The highest BCUT2D eigenvalue weighted by Crippen LogP contribution is 2.37. The van der Waals surface area contributed by atoms with Crippen LogP contribution in [0.3, 0.4) is 0 Å². The van der Waals surface area contributed by atoms with Gasteiger partial charge in [-0.15, -0.1) is 11.3 Å². The molecule has 2 aliphatic rings. The van der Waals surface area contributed by atoms with Crippen LogP contribution in [0.15, 0.2) is 35.7 Å². The lowest BCUT2D eigenvalue weighted by Gasteiger charge is -2.25. The maximum Gasteiger partial charge on any atom is 0.228 e. The molecule has 2 N–H and O–H groups in total. The van der Waals surface area contributed by atoms with E-state index in [4.69, 9.17) is 0 Å². The molecule has 0 aliphatic heterocycles. The molecular formula is C18H19NO2S. The van der Waals surface area contributed by atoms with Crippen LogP contribution in [0.2, 0.25) is 0 Å². The van der Waals surface area contributed by atoms with Gasteiger partial charge in [-0.2, -0.15) is 0 Å². The van der Waals surface area contributed by atoms with E-state index < -0.39 is 6.10 Å². The van der Waals surface area contributed by atoms with E-state index in [0.29, 0.717) is 6.42 Å². The molecule has 4 rings (SSSR count). The molecule has 0 saturated carbocycles. The number of fused-ring (bicyclic) bond motifs is 2. The van der Waals surface area contributed by atoms with Crippen molar-refractivity contribution < 1.29 is 9.90 Å². The lowest BCUT2D eigenvalue weighted by Crippen LogP contribution is -2.37. The standard InChI is InChI=1S/C18H19NO2S/c20-15-10-11-4-1-2-5-12(11)17(15)19-18(21)14-6-3-7-16-13(14)8-9-22-16/h1-2,4-5,8-9,14-15,17,20H,3,6-7,10H2,(H,19,21). The fourth-order valence-electron chi connectivity index (χ4n) is 3.76. The van der Waals surface area contributed by atoms with E-state index in [-0.39, 0.29) is 17.9 Å². The molecule has 0 spiro atoms. The molecule has 22 heavy (non-hydrogen) atoms. The highest BCUT2D eigenvalue weighted by Gasteiger charge is 2.35. The molecule has 3 nitrogen and oxygen atoms in total. The molecule has 2 aliphatic carbocycles. The van der Waals surface area contributed by atoms with Crippen molar-refractivity contribution in [2.45, 2.75) is 43.7 Å². The first-order valence-electron chi connectivity index (χ1n) is 7.86. The predicted molar refractivity (Wildman–Crippen MR) is 87.0 cm³/mol. The van der Waals surface area contributed by atoms with Gasteiger partial charge in [-0.25, -0.2) is 0 Å². The molecule has 1 amide bonds. The first-order valence-corrected chi connectivity index (χ1v) is 8.74. The Morgan fingerprint density at radius 3 is 3.00 bits per heavy atom.